The van der Waals surface area contributed by atoms with E-state index in [1.54, 1.807) is 24.3 Å². The summed E-state index contributed by atoms with van der Waals surface area (Å²) in [5.41, 5.74) is 1.83. The van der Waals surface area contributed by atoms with Crippen LogP contribution in [0.3, 0.4) is 0 Å². The Kier molecular flexibility index (Phi) is 8.67. The molecular formula is C20H25Cl2NO4. The van der Waals surface area contributed by atoms with Gasteiger partial charge in [-0.3, -0.25) is 0 Å². The molecule has 0 saturated carbocycles. The van der Waals surface area contributed by atoms with Crippen molar-refractivity contribution in [3.05, 3.63) is 57.6 Å². The minimum absolute atomic E-state index is 0.144. The molecule has 0 bridgehead atoms. The normalized spacial score (nSPS) is 13.3. The molecule has 0 aliphatic heterocycles. The third-order valence-electron chi connectivity index (χ3n) is 3.90. The fraction of sp³-hybridized carbons (Fsp3) is 0.400. The van der Waals surface area contributed by atoms with Crippen LogP contribution in [0.4, 0.5) is 0 Å². The Morgan fingerprint density at radius 3 is 1.59 bits per heavy atom. The molecule has 0 aliphatic rings. The second kappa shape index (κ2) is 10.7. The smallest absolute Gasteiger partial charge is 0.119 e. The van der Waals surface area contributed by atoms with Gasteiger partial charge in [-0.1, -0.05) is 23.2 Å². The summed E-state index contributed by atoms with van der Waals surface area (Å²) in [4.78, 5) is 0. The van der Waals surface area contributed by atoms with Gasteiger partial charge in [0, 0.05) is 23.1 Å². The van der Waals surface area contributed by atoms with Crippen LogP contribution < -0.4 is 14.8 Å². The summed E-state index contributed by atoms with van der Waals surface area (Å²) in [7, 11) is 0. The van der Waals surface area contributed by atoms with Gasteiger partial charge in [-0.05, 0) is 61.4 Å². The van der Waals surface area contributed by atoms with Gasteiger partial charge in [0.25, 0.3) is 0 Å². The van der Waals surface area contributed by atoms with Crippen molar-refractivity contribution in [1.82, 2.24) is 5.32 Å². The second-order valence-corrected chi connectivity index (χ2v) is 7.22. The number of aliphatic hydroxyl groups is 2. The Hall–Kier alpha value is -1.50. The van der Waals surface area contributed by atoms with Crippen molar-refractivity contribution >= 4 is 23.2 Å². The van der Waals surface area contributed by atoms with Gasteiger partial charge in [0.15, 0.2) is 0 Å². The highest BCUT2D eigenvalue weighted by Gasteiger charge is 2.09. The van der Waals surface area contributed by atoms with Crippen LogP contribution in [0.1, 0.15) is 11.1 Å². The van der Waals surface area contributed by atoms with Crippen LogP contribution in [0.5, 0.6) is 11.5 Å². The van der Waals surface area contributed by atoms with Crippen molar-refractivity contribution in [3.63, 3.8) is 0 Å². The summed E-state index contributed by atoms with van der Waals surface area (Å²) in [5.74, 6) is 1.31. The molecule has 0 unspecified atom stereocenters. The lowest BCUT2D eigenvalue weighted by Gasteiger charge is -2.16. The van der Waals surface area contributed by atoms with E-state index in [-0.39, 0.29) is 13.2 Å². The molecule has 27 heavy (non-hydrogen) atoms. The Morgan fingerprint density at radius 2 is 1.22 bits per heavy atom. The SMILES string of the molecule is Cc1cc(OC[C@H](O)CNC[C@H](O)COc2ccc(Cl)c(C)c2)ccc1Cl. The van der Waals surface area contributed by atoms with Gasteiger partial charge in [0.1, 0.15) is 36.9 Å². The Bertz CT molecular complexity index is 680. The molecule has 2 aromatic rings. The van der Waals surface area contributed by atoms with Crippen LogP contribution in [-0.4, -0.2) is 48.7 Å². The molecule has 2 aromatic carbocycles. The van der Waals surface area contributed by atoms with Gasteiger partial charge in [-0.25, -0.2) is 0 Å². The van der Waals surface area contributed by atoms with Gasteiger partial charge in [-0.15, -0.1) is 0 Å². The number of aliphatic hydroxyl groups excluding tert-OH is 2. The van der Waals surface area contributed by atoms with Crippen molar-refractivity contribution in [2.75, 3.05) is 26.3 Å². The van der Waals surface area contributed by atoms with E-state index in [0.29, 0.717) is 34.6 Å². The summed E-state index contributed by atoms with van der Waals surface area (Å²) in [6.45, 7) is 4.66. The molecule has 7 heteroatoms. The standard InChI is InChI=1S/C20H25Cl2NO4/c1-13-7-17(3-5-19(13)21)26-11-15(24)9-23-10-16(25)12-27-18-4-6-20(22)14(2)8-18/h3-8,15-16,23-25H,9-12H2,1-2H3/t15-,16+. The first kappa shape index (κ1) is 21.8. The first-order valence-electron chi connectivity index (χ1n) is 8.70. The highest BCUT2D eigenvalue weighted by molar-refractivity contribution is 6.31. The first-order valence-corrected chi connectivity index (χ1v) is 9.45. The highest BCUT2D eigenvalue weighted by Crippen LogP contribution is 2.22. The van der Waals surface area contributed by atoms with E-state index in [1.807, 2.05) is 26.0 Å². The molecule has 2 rings (SSSR count). The Balaban J connectivity index is 1.62. The number of halogens is 2. The molecule has 3 N–H and O–H groups in total. The van der Waals surface area contributed by atoms with Crippen LogP contribution in [0.15, 0.2) is 36.4 Å². The largest absolute Gasteiger partial charge is 0.491 e. The molecule has 0 saturated heterocycles. The lowest BCUT2D eigenvalue weighted by atomic mass is 10.2. The Morgan fingerprint density at radius 1 is 0.815 bits per heavy atom. The van der Waals surface area contributed by atoms with Gasteiger partial charge in [-0.2, -0.15) is 0 Å². The van der Waals surface area contributed by atoms with Crippen molar-refractivity contribution in [2.24, 2.45) is 0 Å². The quantitative estimate of drug-likeness (QED) is 0.556. The highest BCUT2D eigenvalue weighted by atomic mass is 35.5. The van der Waals surface area contributed by atoms with Gasteiger partial charge in [0.05, 0.1) is 0 Å². The minimum Gasteiger partial charge on any atom is -0.491 e. The summed E-state index contributed by atoms with van der Waals surface area (Å²) in [6.07, 6.45) is -1.40. The van der Waals surface area contributed by atoms with Crippen LogP contribution in [-0.2, 0) is 0 Å². The summed E-state index contributed by atoms with van der Waals surface area (Å²) in [5, 5.41) is 24.3. The number of nitrogens with one attached hydrogen (secondary N) is 1. The predicted octanol–water partition coefficient (Wildman–Crippen LogP) is 3.38. The van der Waals surface area contributed by atoms with Gasteiger partial charge >= 0.3 is 0 Å². The van der Waals surface area contributed by atoms with E-state index in [0.717, 1.165) is 11.1 Å². The Labute approximate surface area is 169 Å². The monoisotopic (exact) mass is 413 g/mol. The van der Waals surface area contributed by atoms with E-state index in [2.05, 4.69) is 5.32 Å². The van der Waals surface area contributed by atoms with E-state index >= 15 is 0 Å². The van der Waals surface area contributed by atoms with Crippen molar-refractivity contribution in [3.8, 4) is 11.5 Å². The number of benzene rings is 2. The number of ether oxygens (including phenoxy) is 2. The number of aryl methyl sites for hydroxylation is 2. The zero-order valence-corrected chi connectivity index (χ0v) is 16.9. The van der Waals surface area contributed by atoms with E-state index in [4.69, 9.17) is 32.7 Å². The van der Waals surface area contributed by atoms with Crippen molar-refractivity contribution < 1.29 is 19.7 Å². The molecule has 0 heterocycles. The predicted molar refractivity (Wildman–Crippen MR) is 108 cm³/mol. The molecule has 0 fully saturated rings. The molecule has 148 valence electrons. The number of hydrogen-bond acceptors (Lipinski definition) is 5. The molecule has 0 radical (unpaired) electrons. The molecule has 2 atom stereocenters. The van der Waals surface area contributed by atoms with Crippen LogP contribution >= 0.6 is 23.2 Å². The van der Waals surface area contributed by atoms with E-state index < -0.39 is 12.2 Å². The average Bonchev–Trinajstić information content (AvgIpc) is 2.63. The molecule has 5 nitrogen and oxygen atoms in total. The fourth-order valence-electron chi connectivity index (χ4n) is 2.33. The molecule has 0 aromatic heterocycles. The maximum absolute atomic E-state index is 9.97. The van der Waals surface area contributed by atoms with E-state index in [9.17, 15) is 10.2 Å². The summed E-state index contributed by atoms with van der Waals surface area (Å²) < 4.78 is 11.1. The van der Waals surface area contributed by atoms with Gasteiger partial charge < -0.3 is 25.0 Å². The van der Waals surface area contributed by atoms with Crippen LogP contribution in [0.25, 0.3) is 0 Å². The third kappa shape index (κ3) is 7.56. The number of hydrogen-bond donors (Lipinski definition) is 3. The summed E-state index contributed by atoms with van der Waals surface area (Å²) in [6, 6.07) is 10.7. The third-order valence-corrected chi connectivity index (χ3v) is 4.75. The van der Waals surface area contributed by atoms with Gasteiger partial charge in [0.2, 0.25) is 0 Å². The topological polar surface area (TPSA) is 71.0 Å². The zero-order chi connectivity index (χ0) is 19.8. The van der Waals surface area contributed by atoms with Crippen molar-refractivity contribution in [2.45, 2.75) is 26.1 Å². The fourth-order valence-corrected chi connectivity index (χ4v) is 2.57. The van der Waals surface area contributed by atoms with Crippen LogP contribution in [0, 0.1) is 13.8 Å². The molecule has 0 amide bonds. The average molecular weight is 414 g/mol. The molecule has 0 spiro atoms. The summed E-state index contributed by atoms with van der Waals surface area (Å²) >= 11 is 11.9. The zero-order valence-electron chi connectivity index (χ0n) is 15.4. The first-order chi connectivity index (χ1) is 12.8. The lowest BCUT2D eigenvalue weighted by molar-refractivity contribution is 0.0857. The van der Waals surface area contributed by atoms with E-state index in [1.165, 1.54) is 0 Å². The minimum atomic E-state index is -0.701. The maximum Gasteiger partial charge on any atom is 0.119 e. The molecule has 0 aliphatic carbocycles. The van der Waals surface area contributed by atoms with Crippen molar-refractivity contribution in [1.29, 1.82) is 0 Å². The molecular weight excluding hydrogens is 389 g/mol. The number of rotatable bonds is 10. The second-order valence-electron chi connectivity index (χ2n) is 6.41. The van der Waals surface area contributed by atoms with Crippen LogP contribution in [0.2, 0.25) is 10.0 Å². The lowest BCUT2D eigenvalue weighted by Crippen LogP contribution is -2.37. The maximum atomic E-state index is 9.97.